The molecule has 86 valence electrons. The first-order chi connectivity index (χ1) is 7.81. The van der Waals surface area contributed by atoms with Crippen LogP contribution in [0.1, 0.15) is 37.3 Å². The number of aromatic nitrogens is 1. The molecule has 1 N–H and O–H groups in total. The third-order valence-electron chi connectivity index (χ3n) is 3.41. The molecule has 0 spiro atoms. The van der Waals surface area contributed by atoms with Crippen LogP contribution in [0, 0.1) is 5.92 Å². The molecule has 0 aromatic carbocycles. The van der Waals surface area contributed by atoms with Crippen LogP contribution in [0.2, 0.25) is 0 Å². The Bertz CT molecular complexity index is 340. The van der Waals surface area contributed by atoms with Crippen molar-refractivity contribution >= 4 is 5.78 Å². The van der Waals surface area contributed by atoms with E-state index in [9.17, 15) is 4.79 Å². The Labute approximate surface area is 96.3 Å². The molecule has 1 aromatic rings. The van der Waals surface area contributed by atoms with Crippen LogP contribution in [0.5, 0.6) is 0 Å². The fraction of sp³-hybridized carbons (Fsp3) is 0.538. The second kappa shape index (κ2) is 5.21. The van der Waals surface area contributed by atoms with E-state index in [1.807, 2.05) is 19.3 Å². The maximum atomic E-state index is 11.2. The van der Waals surface area contributed by atoms with Crippen LogP contribution in [0.4, 0.5) is 0 Å². The van der Waals surface area contributed by atoms with Gasteiger partial charge in [-0.15, -0.1) is 0 Å². The Morgan fingerprint density at radius 3 is 2.75 bits per heavy atom. The lowest BCUT2D eigenvalue weighted by Crippen LogP contribution is -2.28. The van der Waals surface area contributed by atoms with Gasteiger partial charge in [0.1, 0.15) is 5.78 Å². The zero-order valence-corrected chi connectivity index (χ0v) is 9.65. The number of nitrogens with one attached hydrogen (secondary N) is 1. The van der Waals surface area contributed by atoms with E-state index in [0.29, 0.717) is 17.7 Å². The molecule has 0 aliphatic heterocycles. The highest BCUT2D eigenvalue weighted by atomic mass is 16.1. The van der Waals surface area contributed by atoms with Crippen LogP contribution >= 0.6 is 0 Å². The van der Waals surface area contributed by atoms with Gasteiger partial charge in [0.15, 0.2) is 0 Å². The summed E-state index contributed by atoms with van der Waals surface area (Å²) in [7, 11) is 1.98. The van der Waals surface area contributed by atoms with Crippen molar-refractivity contribution in [2.45, 2.75) is 31.7 Å². The van der Waals surface area contributed by atoms with Gasteiger partial charge in [0.25, 0.3) is 0 Å². The summed E-state index contributed by atoms with van der Waals surface area (Å²) < 4.78 is 0. The maximum absolute atomic E-state index is 11.2. The van der Waals surface area contributed by atoms with Crippen molar-refractivity contribution in [1.82, 2.24) is 10.3 Å². The normalized spacial score (nSPS) is 19.7. The molecule has 0 bridgehead atoms. The van der Waals surface area contributed by atoms with Crippen molar-refractivity contribution in [3.8, 4) is 0 Å². The van der Waals surface area contributed by atoms with E-state index in [1.165, 1.54) is 5.56 Å². The van der Waals surface area contributed by atoms with Gasteiger partial charge in [-0.3, -0.25) is 9.78 Å². The minimum absolute atomic E-state index is 0.335. The van der Waals surface area contributed by atoms with Gasteiger partial charge in [0, 0.05) is 31.3 Å². The van der Waals surface area contributed by atoms with Crippen LogP contribution in [-0.4, -0.2) is 17.8 Å². The molecule has 3 heteroatoms. The molecule has 1 heterocycles. The van der Waals surface area contributed by atoms with Gasteiger partial charge in [-0.2, -0.15) is 0 Å². The number of nitrogens with zero attached hydrogens (tertiary/aromatic N) is 1. The maximum Gasteiger partial charge on any atom is 0.132 e. The quantitative estimate of drug-likeness (QED) is 0.844. The molecular weight excluding hydrogens is 200 g/mol. The van der Waals surface area contributed by atoms with Gasteiger partial charge < -0.3 is 5.32 Å². The summed E-state index contributed by atoms with van der Waals surface area (Å²) in [6, 6.07) is 4.40. The number of pyridine rings is 1. The van der Waals surface area contributed by atoms with Crippen LogP contribution in [0.3, 0.4) is 0 Å². The molecule has 3 nitrogen and oxygen atoms in total. The van der Waals surface area contributed by atoms with E-state index in [2.05, 4.69) is 16.4 Å². The molecule has 0 amide bonds. The second-order valence-corrected chi connectivity index (χ2v) is 4.43. The van der Waals surface area contributed by atoms with Crippen LogP contribution in [0.15, 0.2) is 24.5 Å². The van der Waals surface area contributed by atoms with Gasteiger partial charge in [-0.05, 0) is 37.4 Å². The first kappa shape index (κ1) is 11.3. The van der Waals surface area contributed by atoms with E-state index in [1.54, 1.807) is 6.20 Å². The summed E-state index contributed by atoms with van der Waals surface area (Å²) in [5.41, 5.74) is 1.23. The molecule has 0 saturated heterocycles. The number of Topliss-reactive ketones (excluding diaryl/α,β-unsaturated/α-hetero) is 1. The average Bonchev–Trinajstić information content (AvgIpc) is 2.34. The molecular formula is C13H18N2O. The number of hydrogen-bond donors (Lipinski definition) is 1. The van der Waals surface area contributed by atoms with Crippen LogP contribution < -0.4 is 5.32 Å². The van der Waals surface area contributed by atoms with Gasteiger partial charge in [-0.25, -0.2) is 0 Å². The molecule has 0 radical (unpaired) electrons. The minimum Gasteiger partial charge on any atom is -0.313 e. The first-order valence-corrected chi connectivity index (χ1v) is 5.90. The fourth-order valence-electron chi connectivity index (χ4n) is 2.53. The molecule has 1 aromatic heterocycles. The Balaban J connectivity index is 2.08. The lowest BCUT2D eigenvalue weighted by Gasteiger charge is -2.29. The lowest BCUT2D eigenvalue weighted by atomic mass is 9.81. The fourth-order valence-corrected chi connectivity index (χ4v) is 2.53. The minimum atomic E-state index is 0.335. The highest BCUT2D eigenvalue weighted by Gasteiger charge is 2.26. The number of hydrogen-bond acceptors (Lipinski definition) is 3. The van der Waals surface area contributed by atoms with E-state index in [-0.39, 0.29) is 0 Å². The Morgan fingerprint density at radius 1 is 1.44 bits per heavy atom. The number of ketones is 1. The zero-order chi connectivity index (χ0) is 11.4. The number of carbonyl (C=O) groups is 1. The van der Waals surface area contributed by atoms with E-state index < -0.39 is 0 Å². The van der Waals surface area contributed by atoms with Gasteiger partial charge in [0.05, 0.1) is 0 Å². The van der Waals surface area contributed by atoms with Crippen molar-refractivity contribution in [2.75, 3.05) is 7.05 Å². The van der Waals surface area contributed by atoms with Crippen molar-refractivity contribution in [3.63, 3.8) is 0 Å². The SMILES string of the molecule is CNC(c1cccnc1)C1CCC(=O)CC1. The van der Waals surface area contributed by atoms with E-state index >= 15 is 0 Å². The summed E-state index contributed by atoms with van der Waals surface area (Å²) >= 11 is 0. The molecule has 1 aliphatic carbocycles. The van der Waals surface area contributed by atoms with Crippen molar-refractivity contribution in [1.29, 1.82) is 0 Å². The van der Waals surface area contributed by atoms with E-state index in [0.717, 1.165) is 25.7 Å². The van der Waals surface area contributed by atoms with E-state index in [4.69, 9.17) is 0 Å². The molecule has 1 aliphatic rings. The van der Waals surface area contributed by atoms with Gasteiger partial charge >= 0.3 is 0 Å². The predicted molar refractivity (Wildman–Crippen MR) is 63.0 cm³/mol. The summed E-state index contributed by atoms with van der Waals surface area (Å²) in [4.78, 5) is 15.4. The summed E-state index contributed by atoms with van der Waals surface area (Å²) in [6.07, 6.45) is 7.18. The van der Waals surface area contributed by atoms with Crippen LogP contribution in [-0.2, 0) is 4.79 Å². The van der Waals surface area contributed by atoms with Crippen molar-refractivity contribution in [2.24, 2.45) is 5.92 Å². The molecule has 1 unspecified atom stereocenters. The van der Waals surface area contributed by atoms with Crippen molar-refractivity contribution < 1.29 is 4.79 Å². The highest BCUT2D eigenvalue weighted by Crippen LogP contribution is 2.32. The molecule has 1 fully saturated rings. The summed E-state index contributed by atoms with van der Waals surface area (Å²) in [6.45, 7) is 0. The molecule has 2 rings (SSSR count). The Hall–Kier alpha value is -1.22. The molecule has 1 saturated carbocycles. The molecule has 16 heavy (non-hydrogen) atoms. The third kappa shape index (κ3) is 2.47. The Kier molecular flexibility index (Phi) is 3.67. The zero-order valence-electron chi connectivity index (χ0n) is 9.65. The molecule has 1 atom stereocenters. The van der Waals surface area contributed by atoms with Gasteiger partial charge in [-0.1, -0.05) is 6.07 Å². The average molecular weight is 218 g/mol. The standard InChI is InChI=1S/C13H18N2O/c1-14-13(11-3-2-8-15-9-11)10-4-6-12(16)7-5-10/h2-3,8-10,13-14H,4-7H2,1H3. The third-order valence-corrected chi connectivity index (χ3v) is 3.41. The first-order valence-electron chi connectivity index (χ1n) is 5.90. The van der Waals surface area contributed by atoms with Crippen molar-refractivity contribution in [3.05, 3.63) is 30.1 Å². The number of carbonyl (C=O) groups excluding carboxylic acids is 1. The largest absolute Gasteiger partial charge is 0.313 e. The Morgan fingerprint density at radius 2 is 2.19 bits per heavy atom. The second-order valence-electron chi connectivity index (χ2n) is 4.43. The lowest BCUT2D eigenvalue weighted by molar-refractivity contribution is -0.121. The van der Waals surface area contributed by atoms with Gasteiger partial charge in [0.2, 0.25) is 0 Å². The topological polar surface area (TPSA) is 42.0 Å². The monoisotopic (exact) mass is 218 g/mol. The summed E-state index contributed by atoms with van der Waals surface area (Å²) in [5, 5.41) is 3.35. The van der Waals surface area contributed by atoms with Crippen LogP contribution in [0.25, 0.3) is 0 Å². The highest BCUT2D eigenvalue weighted by molar-refractivity contribution is 5.79. The predicted octanol–water partition coefficient (Wildman–Crippen LogP) is 2.10. The smallest absolute Gasteiger partial charge is 0.132 e. The number of rotatable bonds is 3. The summed E-state index contributed by atoms with van der Waals surface area (Å²) in [5.74, 6) is 0.976.